The molecule has 0 saturated carbocycles. The number of phenolic OH excluding ortho intramolecular Hbond substituents is 2. The number of carbonyl (C=O) groups is 3. The number of aliphatic hydroxyl groups excluding tert-OH is 1. The summed E-state index contributed by atoms with van der Waals surface area (Å²) in [6.07, 6.45) is 7.37. The van der Waals surface area contributed by atoms with Gasteiger partial charge >= 0.3 is 12.2 Å². The third-order valence-corrected chi connectivity index (χ3v) is 8.79. The van der Waals surface area contributed by atoms with E-state index in [0.29, 0.717) is 17.6 Å². The van der Waals surface area contributed by atoms with Gasteiger partial charge in [0.25, 0.3) is 5.91 Å². The molecule has 0 aliphatic carbocycles. The number of phenols is 2. The van der Waals surface area contributed by atoms with Gasteiger partial charge in [0.05, 0.1) is 30.2 Å². The Hall–Kier alpha value is -3.85. The average molecular weight is 767 g/mol. The van der Waals surface area contributed by atoms with Crippen molar-refractivity contribution >= 4 is 51.5 Å². The molecule has 7 N–H and O–H groups in total. The van der Waals surface area contributed by atoms with E-state index in [1.165, 1.54) is 39.4 Å². The third-order valence-electron chi connectivity index (χ3n) is 8.23. The van der Waals surface area contributed by atoms with Crippen LogP contribution in [0, 0.1) is 5.92 Å². The zero-order chi connectivity index (χ0) is 37.4. The number of hydrogen-bond acceptors (Lipinski definition) is 10. The van der Waals surface area contributed by atoms with Gasteiger partial charge < -0.3 is 45.3 Å². The highest BCUT2D eigenvalue weighted by Crippen LogP contribution is 2.42. The van der Waals surface area contributed by atoms with Crippen LogP contribution in [0.1, 0.15) is 71.8 Å². The second-order valence-electron chi connectivity index (χ2n) is 12.3. The molecule has 3 amide bonds. The van der Waals surface area contributed by atoms with Crippen LogP contribution >= 0.6 is 15.9 Å². The lowest BCUT2D eigenvalue weighted by Crippen LogP contribution is -2.36. The number of alkyl halides is 1. The van der Waals surface area contributed by atoms with Crippen molar-refractivity contribution in [3.8, 4) is 11.5 Å². The first-order chi connectivity index (χ1) is 23.7. The number of rotatable bonds is 11. The Morgan fingerprint density at radius 3 is 2.40 bits per heavy atom. The number of ether oxygens (including phenoxy) is 4. The van der Waals surface area contributed by atoms with Crippen LogP contribution in [0.5, 0.6) is 11.5 Å². The van der Waals surface area contributed by atoms with Gasteiger partial charge in [0.2, 0.25) is 0 Å². The number of primary amides is 1. The standard InChI is InChI=1S/C36H52BrN3O10/c1-21-17-25-30(40-36(46)49-16-11-9-7-8-10-15-37)27(41)20-26(32(25)43)39-34(44)22(2)13-12-14-28(47-5)33(50-35(38)45)24(4)19-23(3)31(42)29(18-21)48-6/h12-14,17,19-20,23,28-29,31,33,41-43H,7-11,15-16,18H2,1-6H3,(H2,38,45)(H,39,44)(H,40,46)/t23-,28-,29-,31+,33-/m0/s1. The molecule has 0 aromatic heterocycles. The van der Waals surface area contributed by atoms with Gasteiger partial charge in [0.1, 0.15) is 17.6 Å². The number of nitrogens with one attached hydrogen (secondary N) is 2. The monoisotopic (exact) mass is 765 g/mol. The number of aliphatic hydroxyl groups is 1. The number of aromatic hydroxyl groups is 2. The number of unbranched alkanes of at least 4 members (excludes halogenated alkanes) is 4. The number of hydrogen-bond donors (Lipinski definition) is 6. The maximum absolute atomic E-state index is 13.2. The zero-order valence-electron chi connectivity index (χ0n) is 29.7. The summed E-state index contributed by atoms with van der Waals surface area (Å²) in [5.41, 5.74) is 6.49. The minimum atomic E-state index is -1.05. The predicted molar refractivity (Wildman–Crippen MR) is 196 cm³/mol. The number of methoxy groups -OCH3 is 2. The van der Waals surface area contributed by atoms with Crippen molar-refractivity contribution in [2.24, 2.45) is 11.7 Å². The number of benzene rings is 1. The predicted octanol–water partition coefficient (Wildman–Crippen LogP) is 6.68. The highest BCUT2D eigenvalue weighted by molar-refractivity contribution is 9.09. The van der Waals surface area contributed by atoms with Gasteiger partial charge in [-0.2, -0.15) is 0 Å². The maximum atomic E-state index is 13.2. The van der Waals surface area contributed by atoms with Crippen LogP contribution in [-0.4, -0.2) is 84.0 Å². The van der Waals surface area contributed by atoms with Gasteiger partial charge in [-0.15, -0.1) is 0 Å². The van der Waals surface area contributed by atoms with Gasteiger partial charge in [-0.1, -0.05) is 72.0 Å². The molecule has 14 heteroatoms. The summed E-state index contributed by atoms with van der Waals surface area (Å²) < 4.78 is 21.9. The van der Waals surface area contributed by atoms with Gasteiger partial charge in [-0.25, -0.2) is 9.59 Å². The number of amides is 3. The Morgan fingerprint density at radius 1 is 1.08 bits per heavy atom. The molecule has 1 aromatic rings. The molecule has 13 nitrogen and oxygen atoms in total. The van der Waals surface area contributed by atoms with Crippen molar-refractivity contribution in [3.05, 3.63) is 52.7 Å². The van der Waals surface area contributed by atoms with Crippen molar-refractivity contribution in [3.63, 3.8) is 0 Å². The van der Waals surface area contributed by atoms with Crippen molar-refractivity contribution in [1.29, 1.82) is 0 Å². The van der Waals surface area contributed by atoms with E-state index >= 15 is 0 Å². The summed E-state index contributed by atoms with van der Waals surface area (Å²) in [5, 5.41) is 39.8. The van der Waals surface area contributed by atoms with E-state index in [9.17, 15) is 29.7 Å². The van der Waals surface area contributed by atoms with Crippen molar-refractivity contribution in [2.75, 3.05) is 36.8 Å². The van der Waals surface area contributed by atoms with E-state index < -0.39 is 59.9 Å². The molecular formula is C36H52BrN3O10. The van der Waals surface area contributed by atoms with Crippen LogP contribution in [-0.2, 0) is 23.7 Å². The molecule has 5 atom stereocenters. The molecule has 2 rings (SSSR count). The number of carbonyl (C=O) groups excluding carboxylic acids is 3. The first-order valence-electron chi connectivity index (χ1n) is 16.5. The fraction of sp³-hybridized carbons (Fsp3) is 0.528. The van der Waals surface area contributed by atoms with Crippen LogP contribution in [0.25, 0.3) is 6.08 Å². The molecule has 1 heterocycles. The average Bonchev–Trinajstić information content (AvgIpc) is 3.06. The minimum Gasteiger partial charge on any atom is -0.506 e. The SMILES string of the molecule is CO[C@H]1C=CC=C(C)C(=O)Nc2cc(O)c(NC(=O)OCCCCCCCBr)c(c2O)C=C(C)C[C@H](OC)[C@H](O)[C@@H](C)C=C(C)[C@@H]1OC(N)=O. The number of nitrogens with two attached hydrogens (primary N) is 1. The van der Waals surface area contributed by atoms with Crippen LogP contribution in [0.15, 0.2) is 47.1 Å². The van der Waals surface area contributed by atoms with Crippen molar-refractivity contribution < 1.29 is 48.7 Å². The molecule has 0 saturated heterocycles. The highest BCUT2D eigenvalue weighted by Gasteiger charge is 2.29. The molecule has 0 radical (unpaired) electrons. The Kier molecular flexibility index (Phi) is 18.1. The second-order valence-corrected chi connectivity index (χ2v) is 13.1. The number of anilines is 2. The summed E-state index contributed by atoms with van der Waals surface area (Å²) in [4.78, 5) is 37.7. The molecule has 1 aliphatic heterocycles. The minimum absolute atomic E-state index is 0.00600. The summed E-state index contributed by atoms with van der Waals surface area (Å²) >= 11 is 3.41. The molecule has 1 aromatic carbocycles. The molecule has 50 heavy (non-hydrogen) atoms. The van der Waals surface area contributed by atoms with E-state index in [2.05, 4.69) is 26.6 Å². The lowest BCUT2D eigenvalue weighted by atomic mass is 9.91. The lowest BCUT2D eigenvalue weighted by molar-refractivity contribution is -0.112. The first-order valence-corrected chi connectivity index (χ1v) is 17.7. The summed E-state index contributed by atoms with van der Waals surface area (Å²) in [6, 6.07) is 1.12. The molecule has 0 fully saturated rings. The molecule has 278 valence electrons. The third kappa shape index (κ3) is 13.1. The Bertz CT molecular complexity index is 1440. The van der Waals surface area contributed by atoms with Gasteiger partial charge in [0, 0.05) is 42.7 Å². The molecule has 0 spiro atoms. The first kappa shape index (κ1) is 42.3. The molecular weight excluding hydrogens is 714 g/mol. The quantitative estimate of drug-likeness (QED) is 0.0465. The number of allylic oxidation sites excluding steroid dienone is 2. The second kappa shape index (κ2) is 21.4. The van der Waals surface area contributed by atoms with Crippen molar-refractivity contribution in [2.45, 2.75) is 90.6 Å². The maximum Gasteiger partial charge on any atom is 0.411 e. The van der Waals surface area contributed by atoms with Crippen LogP contribution in [0.3, 0.4) is 0 Å². The number of fused-ring (bicyclic) bond motifs is 2. The van der Waals surface area contributed by atoms with Gasteiger partial charge in [-0.3, -0.25) is 10.1 Å². The molecule has 0 unspecified atom stereocenters. The smallest absolute Gasteiger partial charge is 0.411 e. The number of halogens is 1. The summed E-state index contributed by atoms with van der Waals surface area (Å²) in [5.74, 6) is -1.96. The van der Waals surface area contributed by atoms with E-state index in [4.69, 9.17) is 24.7 Å². The largest absolute Gasteiger partial charge is 0.506 e. The Morgan fingerprint density at radius 2 is 1.76 bits per heavy atom. The molecule has 2 bridgehead atoms. The fourth-order valence-electron chi connectivity index (χ4n) is 5.44. The van der Waals surface area contributed by atoms with E-state index in [-0.39, 0.29) is 35.5 Å². The highest BCUT2D eigenvalue weighted by atomic mass is 79.9. The Balaban J connectivity index is 2.58. The Labute approximate surface area is 302 Å². The molecule has 1 aliphatic rings. The lowest BCUT2D eigenvalue weighted by Gasteiger charge is -2.28. The van der Waals surface area contributed by atoms with E-state index in [1.807, 2.05) is 0 Å². The van der Waals surface area contributed by atoms with E-state index in [0.717, 1.165) is 37.1 Å². The summed E-state index contributed by atoms with van der Waals surface area (Å²) in [7, 11) is 2.87. The van der Waals surface area contributed by atoms with Crippen LogP contribution in [0.4, 0.5) is 21.0 Å². The van der Waals surface area contributed by atoms with Crippen LogP contribution < -0.4 is 16.4 Å². The normalized spacial score (nSPS) is 22.1. The van der Waals surface area contributed by atoms with Crippen molar-refractivity contribution in [1.82, 2.24) is 0 Å². The van der Waals surface area contributed by atoms with Gasteiger partial charge in [0.15, 0.2) is 6.10 Å². The summed E-state index contributed by atoms with van der Waals surface area (Å²) in [6.45, 7) is 6.93. The fourth-order valence-corrected chi connectivity index (χ4v) is 5.84. The topological polar surface area (TPSA) is 199 Å². The zero-order valence-corrected chi connectivity index (χ0v) is 31.2. The van der Waals surface area contributed by atoms with Crippen LogP contribution in [0.2, 0.25) is 0 Å². The van der Waals surface area contributed by atoms with E-state index in [1.54, 1.807) is 32.9 Å². The van der Waals surface area contributed by atoms with Gasteiger partial charge in [-0.05, 0) is 51.7 Å².